The number of hydrogen-bond donors (Lipinski definition) is 0. The van der Waals surface area contributed by atoms with E-state index in [1.807, 2.05) is 42.5 Å². The lowest BCUT2D eigenvalue weighted by Gasteiger charge is -2.25. The first-order valence-corrected chi connectivity index (χ1v) is 13.3. The normalized spacial score (nSPS) is 11.0. The first-order valence-electron chi connectivity index (χ1n) is 13.3. The first-order chi connectivity index (χ1) is 19.8. The summed E-state index contributed by atoms with van der Waals surface area (Å²) in [6.07, 6.45) is 0. The molecule has 188 valence electrons. The van der Waals surface area contributed by atoms with Gasteiger partial charge in [0.05, 0.1) is 22.7 Å². The van der Waals surface area contributed by atoms with Gasteiger partial charge in [-0.05, 0) is 83.9 Å². The maximum Gasteiger partial charge on any atom is 0.0991 e. The number of para-hydroxylation sites is 3. The molecule has 7 aromatic rings. The molecule has 0 saturated heterocycles. The van der Waals surface area contributed by atoms with E-state index in [2.05, 4.69) is 125 Å². The van der Waals surface area contributed by atoms with Crippen LogP contribution in [-0.4, -0.2) is 4.57 Å². The largest absolute Gasteiger partial charge is 0.311 e. The van der Waals surface area contributed by atoms with E-state index in [0.717, 1.165) is 28.3 Å². The third-order valence-electron chi connectivity index (χ3n) is 7.43. The van der Waals surface area contributed by atoms with Crippen LogP contribution < -0.4 is 4.90 Å². The number of aromatic nitrogens is 1. The van der Waals surface area contributed by atoms with E-state index in [1.165, 1.54) is 27.4 Å². The summed E-state index contributed by atoms with van der Waals surface area (Å²) >= 11 is 0. The molecule has 3 heteroatoms. The van der Waals surface area contributed by atoms with Gasteiger partial charge in [-0.2, -0.15) is 5.26 Å². The highest BCUT2D eigenvalue weighted by atomic mass is 15.1. The predicted molar refractivity (Wildman–Crippen MR) is 166 cm³/mol. The highest BCUT2D eigenvalue weighted by Crippen LogP contribution is 2.36. The standard InChI is InChI=1S/C37H25N3/c38-26-27-14-20-31(21-15-27)39(30-8-2-1-3-9-30)32-22-16-28(17-23-32)29-18-24-33(25-19-29)40-36-12-6-4-10-34(36)35-11-5-7-13-37(35)40/h1-25H. The lowest BCUT2D eigenvalue weighted by Crippen LogP contribution is -2.09. The van der Waals surface area contributed by atoms with Gasteiger partial charge in [-0.3, -0.25) is 0 Å². The summed E-state index contributed by atoms with van der Waals surface area (Å²) in [4.78, 5) is 2.20. The van der Waals surface area contributed by atoms with Gasteiger partial charge in [-0.25, -0.2) is 0 Å². The SMILES string of the molecule is N#Cc1ccc(N(c2ccccc2)c2ccc(-c3ccc(-n4c5ccccc5c5ccccc54)cc3)cc2)cc1. The Morgan fingerprint density at radius 2 is 0.900 bits per heavy atom. The van der Waals surface area contributed by atoms with Gasteiger partial charge in [-0.1, -0.05) is 78.9 Å². The summed E-state index contributed by atoms with van der Waals surface area (Å²) in [6.45, 7) is 0. The zero-order chi connectivity index (χ0) is 26.9. The van der Waals surface area contributed by atoms with Crippen LogP contribution in [0.2, 0.25) is 0 Å². The van der Waals surface area contributed by atoms with Crippen molar-refractivity contribution in [3.8, 4) is 22.9 Å². The van der Waals surface area contributed by atoms with E-state index >= 15 is 0 Å². The summed E-state index contributed by atoms with van der Waals surface area (Å²) in [7, 11) is 0. The zero-order valence-electron chi connectivity index (χ0n) is 21.8. The summed E-state index contributed by atoms with van der Waals surface area (Å²) in [5, 5.41) is 11.8. The molecule has 0 unspecified atom stereocenters. The Balaban J connectivity index is 1.24. The fourth-order valence-electron chi connectivity index (χ4n) is 5.52. The molecule has 3 nitrogen and oxygen atoms in total. The smallest absolute Gasteiger partial charge is 0.0991 e. The molecule has 40 heavy (non-hydrogen) atoms. The average molecular weight is 512 g/mol. The molecule has 1 heterocycles. The summed E-state index contributed by atoms with van der Waals surface area (Å²) in [5.74, 6) is 0. The van der Waals surface area contributed by atoms with Gasteiger partial charge in [0.15, 0.2) is 0 Å². The summed E-state index contributed by atoms with van der Waals surface area (Å²) in [6, 6.07) is 54.8. The predicted octanol–water partition coefficient (Wildman–Crippen LogP) is 9.79. The van der Waals surface area contributed by atoms with E-state index in [1.54, 1.807) is 0 Å². The highest BCUT2D eigenvalue weighted by molar-refractivity contribution is 6.09. The Hall–Kier alpha value is -5.59. The van der Waals surface area contributed by atoms with Crippen LogP contribution in [0.5, 0.6) is 0 Å². The summed E-state index contributed by atoms with van der Waals surface area (Å²) < 4.78 is 2.34. The van der Waals surface area contributed by atoms with E-state index < -0.39 is 0 Å². The highest BCUT2D eigenvalue weighted by Gasteiger charge is 2.14. The Morgan fingerprint density at radius 1 is 0.450 bits per heavy atom. The molecule has 0 N–H and O–H groups in total. The van der Waals surface area contributed by atoms with E-state index in [4.69, 9.17) is 0 Å². The molecule has 1 aromatic heterocycles. The molecule has 6 aromatic carbocycles. The van der Waals surface area contributed by atoms with E-state index in [9.17, 15) is 5.26 Å². The molecule has 0 aliphatic heterocycles. The van der Waals surface area contributed by atoms with Crippen LogP contribution in [-0.2, 0) is 0 Å². The van der Waals surface area contributed by atoms with Crippen LogP contribution >= 0.6 is 0 Å². The quantitative estimate of drug-likeness (QED) is 0.230. The fourth-order valence-corrected chi connectivity index (χ4v) is 5.52. The zero-order valence-corrected chi connectivity index (χ0v) is 21.8. The lowest BCUT2D eigenvalue weighted by atomic mass is 10.0. The van der Waals surface area contributed by atoms with Crippen LogP contribution in [0.3, 0.4) is 0 Å². The summed E-state index contributed by atoms with van der Waals surface area (Å²) in [5.41, 5.74) is 9.68. The second-order valence-electron chi connectivity index (χ2n) is 9.79. The number of nitriles is 1. The van der Waals surface area contributed by atoms with Crippen molar-refractivity contribution in [2.24, 2.45) is 0 Å². The molecular formula is C37H25N3. The van der Waals surface area contributed by atoms with Gasteiger partial charge in [-0.15, -0.1) is 0 Å². The van der Waals surface area contributed by atoms with Crippen molar-refractivity contribution in [3.05, 3.63) is 157 Å². The van der Waals surface area contributed by atoms with E-state index in [0.29, 0.717) is 5.56 Å². The van der Waals surface area contributed by atoms with Crippen molar-refractivity contribution in [2.45, 2.75) is 0 Å². The topological polar surface area (TPSA) is 32.0 Å². The number of fused-ring (bicyclic) bond motifs is 3. The Morgan fingerprint density at radius 3 is 1.45 bits per heavy atom. The van der Waals surface area contributed by atoms with Gasteiger partial charge >= 0.3 is 0 Å². The Kier molecular flexibility index (Phi) is 5.85. The second-order valence-corrected chi connectivity index (χ2v) is 9.79. The van der Waals surface area contributed by atoms with Gasteiger partial charge < -0.3 is 9.47 Å². The molecule has 0 saturated carbocycles. The number of hydrogen-bond acceptors (Lipinski definition) is 2. The molecule has 0 atom stereocenters. The van der Waals surface area contributed by atoms with Crippen molar-refractivity contribution < 1.29 is 0 Å². The number of rotatable bonds is 5. The molecule has 0 aliphatic rings. The van der Waals surface area contributed by atoms with Crippen LogP contribution in [0.25, 0.3) is 38.6 Å². The average Bonchev–Trinajstić information content (AvgIpc) is 3.37. The Labute approximate surface area is 233 Å². The molecule has 7 rings (SSSR count). The molecule has 0 bridgehead atoms. The molecule has 0 fully saturated rings. The number of anilines is 3. The monoisotopic (exact) mass is 511 g/mol. The second kappa shape index (κ2) is 9.94. The van der Waals surface area contributed by atoms with Gasteiger partial charge in [0.25, 0.3) is 0 Å². The molecule has 0 radical (unpaired) electrons. The number of benzene rings is 6. The Bertz CT molecular complexity index is 1920. The van der Waals surface area contributed by atoms with Crippen LogP contribution in [0, 0.1) is 11.3 Å². The molecule has 0 aliphatic carbocycles. The third kappa shape index (κ3) is 4.09. The van der Waals surface area contributed by atoms with Gasteiger partial charge in [0.1, 0.15) is 0 Å². The maximum atomic E-state index is 9.24. The van der Waals surface area contributed by atoms with Crippen molar-refractivity contribution in [1.82, 2.24) is 4.57 Å². The lowest BCUT2D eigenvalue weighted by molar-refractivity contribution is 1.18. The first kappa shape index (κ1) is 23.5. The molecule has 0 spiro atoms. The maximum absolute atomic E-state index is 9.24. The van der Waals surface area contributed by atoms with Crippen LogP contribution in [0.15, 0.2) is 152 Å². The van der Waals surface area contributed by atoms with E-state index in [-0.39, 0.29) is 0 Å². The fraction of sp³-hybridized carbons (Fsp3) is 0. The molecular weight excluding hydrogens is 486 g/mol. The minimum Gasteiger partial charge on any atom is -0.311 e. The van der Waals surface area contributed by atoms with Gasteiger partial charge in [0.2, 0.25) is 0 Å². The minimum atomic E-state index is 0.650. The molecule has 0 amide bonds. The number of nitrogens with zero attached hydrogens (tertiary/aromatic N) is 3. The van der Waals surface area contributed by atoms with Crippen molar-refractivity contribution in [1.29, 1.82) is 5.26 Å². The van der Waals surface area contributed by atoms with Crippen LogP contribution in [0.1, 0.15) is 5.56 Å². The van der Waals surface area contributed by atoms with Crippen molar-refractivity contribution in [3.63, 3.8) is 0 Å². The van der Waals surface area contributed by atoms with Gasteiger partial charge in [0, 0.05) is 33.5 Å². The minimum absolute atomic E-state index is 0.650. The van der Waals surface area contributed by atoms with Crippen molar-refractivity contribution >= 4 is 38.9 Å². The third-order valence-corrected chi connectivity index (χ3v) is 7.43. The van der Waals surface area contributed by atoms with Crippen LogP contribution in [0.4, 0.5) is 17.1 Å². The van der Waals surface area contributed by atoms with Crippen molar-refractivity contribution in [2.75, 3.05) is 4.90 Å².